The van der Waals surface area contributed by atoms with Crippen LogP contribution in [0.3, 0.4) is 0 Å². The molecule has 0 fully saturated rings. The molecular formula is C21H22N2O2. The van der Waals surface area contributed by atoms with Gasteiger partial charge in [0, 0.05) is 12.2 Å². The first-order valence-electron chi connectivity index (χ1n) is 8.32. The lowest BCUT2D eigenvalue weighted by molar-refractivity contribution is 0.201. The molecule has 128 valence electrons. The molecule has 0 aliphatic heterocycles. The van der Waals surface area contributed by atoms with Crippen molar-refractivity contribution < 1.29 is 9.21 Å². The van der Waals surface area contributed by atoms with Crippen LogP contribution in [0.25, 0.3) is 0 Å². The minimum absolute atomic E-state index is 0.141. The Morgan fingerprint density at radius 2 is 1.64 bits per heavy atom. The third-order valence-corrected chi connectivity index (χ3v) is 4.14. The second-order valence-electron chi connectivity index (χ2n) is 6.12. The summed E-state index contributed by atoms with van der Waals surface area (Å²) in [7, 11) is 0. The molecule has 3 rings (SSSR count). The van der Waals surface area contributed by atoms with Crippen molar-refractivity contribution in [3.63, 3.8) is 0 Å². The second-order valence-corrected chi connectivity index (χ2v) is 6.12. The third-order valence-electron chi connectivity index (χ3n) is 4.14. The van der Waals surface area contributed by atoms with Crippen LogP contribution in [0.5, 0.6) is 0 Å². The minimum Gasteiger partial charge on any atom is -0.467 e. The molecule has 1 N–H and O–H groups in total. The van der Waals surface area contributed by atoms with E-state index in [9.17, 15) is 4.79 Å². The number of carbonyl (C=O) groups is 1. The molecule has 2 amide bonds. The molecule has 0 spiro atoms. The maximum atomic E-state index is 12.9. The summed E-state index contributed by atoms with van der Waals surface area (Å²) >= 11 is 0. The highest BCUT2D eigenvalue weighted by Gasteiger charge is 2.17. The average molecular weight is 334 g/mol. The Morgan fingerprint density at radius 3 is 2.28 bits per heavy atom. The Morgan fingerprint density at radius 1 is 0.920 bits per heavy atom. The van der Waals surface area contributed by atoms with Gasteiger partial charge in [0.05, 0.1) is 12.8 Å². The molecule has 1 heterocycles. The van der Waals surface area contributed by atoms with Crippen molar-refractivity contribution in [1.29, 1.82) is 0 Å². The number of furan rings is 1. The van der Waals surface area contributed by atoms with Crippen molar-refractivity contribution in [2.45, 2.75) is 26.9 Å². The van der Waals surface area contributed by atoms with Crippen LogP contribution in [0.15, 0.2) is 71.3 Å². The molecule has 0 saturated heterocycles. The zero-order chi connectivity index (χ0) is 17.6. The Labute approximate surface area is 148 Å². The maximum absolute atomic E-state index is 12.9. The normalized spacial score (nSPS) is 10.5. The van der Waals surface area contributed by atoms with Gasteiger partial charge in [-0.1, -0.05) is 48.5 Å². The summed E-state index contributed by atoms with van der Waals surface area (Å²) in [4.78, 5) is 14.7. The summed E-state index contributed by atoms with van der Waals surface area (Å²) in [6.07, 6.45) is 1.62. The van der Waals surface area contributed by atoms with Crippen molar-refractivity contribution >= 4 is 11.7 Å². The predicted molar refractivity (Wildman–Crippen MR) is 99.3 cm³/mol. The molecular weight excluding hydrogens is 312 g/mol. The Kier molecular flexibility index (Phi) is 5.19. The van der Waals surface area contributed by atoms with Crippen LogP contribution in [-0.4, -0.2) is 10.9 Å². The first-order valence-corrected chi connectivity index (χ1v) is 8.32. The highest BCUT2D eigenvalue weighted by Crippen LogP contribution is 2.21. The monoisotopic (exact) mass is 334 g/mol. The Hall–Kier alpha value is -3.01. The van der Waals surface area contributed by atoms with E-state index < -0.39 is 0 Å². The van der Waals surface area contributed by atoms with Gasteiger partial charge in [-0.25, -0.2) is 4.79 Å². The van der Waals surface area contributed by atoms with Gasteiger partial charge in [-0.15, -0.1) is 0 Å². The molecule has 0 aliphatic rings. The van der Waals surface area contributed by atoms with Gasteiger partial charge in [-0.05, 0) is 42.7 Å². The molecule has 4 nitrogen and oxygen atoms in total. The largest absolute Gasteiger partial charge is 0.467 e. The summed E-state index contributed by atoms with van der Waals surface area (Å²) in [5, 5.41) is 3.06. The Balaban J connectivity index is 1.81. The Bertz CT molecular complexity index is 806. The SMILES string of the molecule is Cc1cccc(C)c1NC(=O)N(Cc1ccccc1)Cc1ccco1. The molecule has 3 aromatic rings. The summed E-state index contributed by atoms with van der Waals surface area (Å²) in [5.41, 5.74) is 4.03. The third kappa shape index (κ3) is 4.29. The number of benzene rings is 2. The standard InChI is InChI=1S/C21H22N2O2/c1-16-8-6-9-17(2)20(16)22-21(24)23(15-19-12-7-13-25-19)14-18-10-4-3-5-11-18/h3-13H,14-15H2,1-2H3,(H,22,24). The number of hydrogen-bond donors (Lipinski definition) is 1. The van der Waals surface area contributed by atoms with E-state index in [0.717, 1.165) is 28.1 Å². The minimum atomic E-state index is -0.141. The maximum Gasteiger partial charge on any atom is 0.322 e. The summed E-state index contributed by atoms with van der Waals surface area (Å²) in [6.45, 7) is 4.92. The molecule has 0 aliphatic carbocycles. The number of hydrogen-bond acceptors (Lipinski definition) is 2. The number of urea groups is 1. The molecule has 4 heteroatoms. The van der Waals surface area contributed by atoms with Crippen molar-refractivity contribution in [3.8, 4) is 0 Å². The van der Waals surface area contributed by atoms with Crippen molar-refractivity contribution in [1.82, 2.24) is 4.90 Å². The van der Waals surface area contributed by atoms with Gasteiger partial charge in [0.1, 0.15) is 5.76 Å². The van der Waals surface area contributed by atoms with Crippen molar-refractivity contribution in [2.24, 2.45) is 0 Å². The van der Waals surface area contributed by atoms with Crippen molar-refractivity contribution in [2.75, 3.05) is 5.32 Å². The summed E-state index contributed by atoms with van der Waals surface area (Å²) < 4.78 is 5.43. The van der Waals surface area contributed by atoms with E-state index in [1.165, 1.54) is 0 Å². The lowest BCUT2D eigenvalue weighted by Gasteiger charge is -2.23. The van der Waals surface area contributed by atoms with Gasteiger partial charge < -0.3 is 14.6 Å². The van der Waals surface area contributed by atoms with E-state index in [-0.39, 0.29) is 6.03 Å². The number of para-hydroxylation sites is 1. The number of aryl methyl sites for hydroxylation is 2. The summed E-state index contributed by atoms with van der Waals surface area (Å²) in [6, 6.07) is 19.5. The topological polar surface area (TPSA) is 45.5 Å². The van der Waals surface area contributed by atoms with Crippen LogP contribution in [0.4, 0.5) is 10.5 Å². The van der Waals surface area contributed by atoms with Crippen LogP contribution in [0.1, 0.15) is 22.5 Å². The predicted octanol–water partition coefficient (Wildman–Crippen LogP) is 5.13. The van der Waals surface area contributed by atoms with Crippen LogP contribution < -0.4 is 5.32 Å². The van der Waals surface area contributed by atoms with E-state index in [1.54, 1.807) is 11.2 Å². The van der Waals surface area contributed by atoms with Gasteiger partial charge >= 0.3 is 6.03 Å². The smallest absolute Gasteiger partial charge is 0.322 e. The van der Waals surface area contributed by atoms with Gasteiger partial charge in [0.15, 0.2) is 0 Å². The summed E-state index contributed by atoms with van der Waals surface area (Å²) in [5.74, 6) is 0.757. The molecule has 0 bridgehead atoms. The number of carbonyl (C=O) groups excluding carboxylic acids is 1. The molecule has 0 radical (unpaired) electrons. The quantitative estimate of drug-likeness (QED) is 0.703. The number of nitrogens with zero attached hydrogens (tertiary/aromatic N) is 1. The number of amides is 2. The fraction of sp³-hybridized carbons (Fsp3) is 0.190. The van der Waals surface area contributed by atoms with E-state index >= 15 is 0 Å². The molecule has 25 heavy (non-hydrogen) atoms. The number of nitrogens with one attached hydrogen (secondary N) is 1. The van der Waals surface area contributed by atoms with Crippen LogP contribution in [-0.2, 0) is 13.1 Å². The molecule has 1 aromatic heterocycles. The van der Waals surface area contributed by atoms with E-state index in [4.69, 9.17) is 4.42 Å². The van der Waals surface area contributed by atoms with Gasteiger partial charge in [0.2, 0.25) is 0 Å². The first kappa shape index (κ1) is 16.8. The lowest BCUT2D eigenvalue weighted by Crippen LogP contribution is -2.34. The van der Waals surface area contributed by atoms with E-state index in [1.807, 2.05) is 74.5 Å². The zero-order valence-electron chi connectivity index (χ0n) is 14.5. The van der Waals surface area contributed by atoms with Crippen LogP contribution >= 0.6 is 0 Å². The van der Waals surface area contributed by atoms with Crippen LogP contribution in [0, 0.1) is 13.8 Å². The number of rotatable bonds is 5. The highest BCUT2D eigenvalue weighted by atomic mass is 16.3. The fourth-order valence-corrected chi connectivity index (χ4v) is 2.79. The van der Waals surface area contributed by atoms with Gasteiger partial charge in [-0.2, -0.15) is 0 Å². The molecule has 0 atom stereocenters. The lowest BCUT2D eigenvalue weighted by atomic mass is 10.1. The molecule has 2 aromatic carbocycles. The number of anilines is 1. The molecule has 0 unspecified atom stereocenters. The van der Waals surface area contributed by atoms with E-state index in [2.05, 4.69) is 5.32 Å². The highest BCUT2D eigenvalue weighted by molar-refractivity contribution is 5.91. The molecule has 0 saturated carbocycles. The van der Waals surface area contributed by atoms with Crippen LogP contribution in [0.2, 0.25) is 0 Å². The first-order chi connectivity index (χ1) is 12.1. The average Bonchev–Trinajstić information content (AvgIpc) is 3.11. The van der Waals surface area contributed by atoms with E-state index in [0.29, 0.717) is 13.1 Å². The van der Waals surface area contributed by atoms with Gasteiger partial charge in [0.25, 0.3) is 0 Å². The van der Waals surface area contributed by atoms with Gasteiger partial charge in [-0.3, -0.25) is 0 Å². The second kappa shape index (κ2) is 7.71. The zero-order valence-corrected chi connectivity index (χ0v) is 14.5. The van der Waals surface area contributed by atoms with Crippen molar-refractivity contribution in [3.05, 3.63) is 89.4 Å². The fourth-order valence-electron chi connectivity index (χ4n) is 2.79.